The van der Waals surface area contributed by atoms with Crippen LogP contribution in [0.15, 0.2) is 24.3 Å². The zero-order valence-corrected chi connectivity index (χ0v) is 11.2. The second-order valence-corrected chi connectivity index (χ2v) is 6.80. The van der Waals surface area contributed by atoms with Gasteiger partial charge in [0.1, 0.15) is 0 Å². The Bertz CT molecular complexity index is 561. The lowest BCUT2D eigenvalue weighted by Crippen LogP contribution is -2.10. The van der Waals surface area contributed by atoms with Crippen LogP contribution in [0.2, 0.25) is 0 Å². The summed E-state index contributed by atoms with van der Waals surface area (Å²) in [7, 11) is 0. The Labute approximate surface area is 103 Å². The topological polar surface area (TPSA) is 15.8 Å². The molecule has 0 atom stereocenters. The maximum atomic E-state index is 3.58. The Hall–Kier alpha value is -1.24. The Morgan fingerprint density at radius 2 is 1.82 bits per heavy atom. The van der Waals surface area contributed by atoms with Crippen molar-refractivity contribution in [3.63, 3.8) is 0 Å². The SMILES string of the molecule is CC(C)(C)c1ccc2[nH]c(C3(C)CC3)cc2c1. The van der Waals surface area contributed by atoms with Gasteiger partial charge in [-0.05, 0) is 47.4 Å². The number of hydrogen-bond acceptors (Lipinski definition) is 0. The van der Waals surface area contributed by atoms with Crippen molar-refractivity contribution >= 4 is 10.9 Å². The Morgan fingerprint density at radius 3 is 2.41 bits per heavy atom. The zero-order chi connectivity index (χ0) is 12.3. The molecular weight excluding hydrogens is 206 g/mol. The molecule has 1 aliphatic carbocycles. The summed E-state index contributed by atoms with van der Waals surface area (Å²) >= 11 is 0. The van der Waals surface area contributed by atoms with Crippen LogP contribution in [0.3, 0.4) is 0 Å². The van der Waals surface area contributed by atoms with Gasteiger partial charge in [-0.25, -0.2) is 0 Å². The molecule has 1 aliphatic rings. The Balaban J connectivity index is 2.11. The number of hydrogen-bond donors (Lipinski definition) is 1. The van der Waals surface area contributed by atoms with Crippen LogP contribution in [0.5, 0.6) is 0 Å². The fourth-order valence-corrected chi connectivity index (χ4v) is 2.38. The molecule has 0 spiro atoms. The third kappa shape index (κ3) is 1.78. The van der Waals surface area contributed by atoms with E-state index in [1.54, 1.807) is 0 Å². The van der Waals surface area contributed by atoms with E-state index in [1.165, 1.54) is 35.0 Å². The number of rotatable bonds is 1. The summed E-state index contributed by atoms with van der Waals surface area (Å²) in [5.74, 6) is 0. The second-order valence-electron chi connectivity index (χ2n) is 6.80. The van der Waals surface area contributed by atoms with E-state index in [0.717, 1.165) is 0 Å². The molecule has 2 aromatic rings. The van der Waals surface area contributed by atoms with Crippen LogP contribution in [0.1, 0.15) is 51.8 Å². The summed E-state index contributed by atoms with van der Waals surface area (Å²) in [6, 6.07) is 9.15. The normalized spacial score (nSPS) is 18.6. The predicted molar refractivity (Wildman–Crippen MR) is 73.6 cm³/mol. The first kappa shape index (κ1) is 10.9. The van der Waals surface area contributed by atoms with Gasteiger partial charge in [0, 0.05) is 16.6 Å². The van der Waals surface area contributed by atoms with Gasteiger partial charge < -0.3 is 4.98 Å². The number of fused-ring (bicyclic) bond motifs is 1. The van der Waals surface area contributed by atoms with Gasteiger partial charge in [0.25, 0.3) is 0 Å². The molecule has 3 rings (SSSR count). The van der Waals surface area contributed by atoms with Crippen LogP contribution in [0.25, 0.3) is 10.9 Å². The van der Waals surface area contributed by atoms with Gasteiger partial charge in [-0.1, -0.05) is 33.8 Å². The number of benzene rings is 1. The highest BCUT2D eigenvalue weighted by molar-refractivity contribution is 5.82. The van der Waals surface area contributed by atoms with E-state index in [9.17, 15) is 0 Å². The molecule has 1 heteroatoms. The lowest BCUT2D eigenvalue weighted by Gasteiger charge is -2.18. The van der Waals surface area contributed by atoms with Crippen molar-refractivity contribution in [2.24, 2.45) is 0 Å². The fraction of sp³-hybridized carbons (Fsp3) is 0.500. The highest BCUT2D eigenvalue weighted by Crippen LogP contribution is 2.47. The van der Waals surface area contributed by atoms with Crippen molar-refractivity contribution in [3.8, 4) is 0 Å². The van der Waals surface area contributed by atoms with Crippen molar-refractivity contribution in [3.05, 3.63) is 35.5 Å². The summed E-state index contributed by atoms with van der Waals surface area (Å²) in [6.07, 6.45) is 2.65. The van der Waals surface area contributed by atoms with E-state index < -0.39 is 0 Å². The maximum Gasteiger partial charge on any atom is 0.0456 e. The third-order valence-electron chi connectivity index (χ3n) is 4.14. The molecule has 1 nitrogen and oxygen atoms in total. The van der Waals surface area contributed by atoms with E-state index in [4.69, 9.17) is 0 Å². The quantitative estimate of drug-likeness (QED) is 0.737. The molecule has 1 saturated carbocycles. The standard InChI is InChI=1S/C16H21N/c1-15(2,3)12-5-6-13-11(9-12)10-14(17-13)16(4)7-8-16/h5-6,9-10,17H,7-8H2,1-4H3. The molecule has 1 heterocycles. The Morgan fingerprint density at radius 1 is 1.12 bits per heavy atom. The van der Waals surface area contributed by atoms with Gasteiger partial charge in [0.2, 0.25) is 0 Å². The monoisotopic (exact) mass is 227 g/mol. The average molecular weight is 227 g/mol. The molecular formula is C16H21N. The third-order valence-corrected chi connectivity index (χ3v) is 4.14. The van der Waals surface area contributed by atoms with Crippen LogP contribution in [-0.4, -0.2) is 4.98 Å². The van der Waals surface area contributed by atoms with Crippen LogP contribution < -0.4 is 0 Å². The zero-order valence-electron chi connectivity index (χ0n) is 11.2. The van der Waals surface area contributed by atoms with Gasteiger partial charge >= 0.3 is 0 Å². The van der Waals surface area contributed by atoms with E-state index in [-0.39, 0.29) is 5.41 Å². The van der Waals surface area contributed by atoms with Gasteiger partial charge in [0.05, 0.1) is 0 Å². The van der Waals surface area contributed by atoms with Crippen LogP contribution >= 0.6 is 0 Å². The lowest BCUT2D eigenvalue weighted by molar-refractivity contribution is 0.591. The number of aromatic nitrogens is 1. The molecule has 90 valence electrons. The molecule has 1 aromatic heterocycles. The van der Waals surface area contributed by atoms with Crippen molar-refractivity contribution in [2.75, 3.05) is 0 Å². The van der Waals surface area contributed by atoms with Crippen LogP contribution in [-0.2, 0) is 10.8 Å². The summed E-state index contributed by atoms with van der Waals surface area (Å²) in [4.78, 5) is 3.58. The number of H-pyrrole nitrogens is 1. The highest BCUT2D eigenvalue weighted by atomic mass is 14.8. The van der Waals surface area contributed by atoms with Crippen molar-refractivity contribution in [1.29, 1.82) is 0 Å². The molecule has 0 aliphatic heterocycles. The first-order valence-corrected chi connectivity index (χ1v) is 6.52. The summed E-state index contributed by atoms with van der Waals surface area (Å²) in [5, 5.41) is 1.36. The smallest absolute Gasteiger partial charge is 0.0456 e. The van der Waals surface area contributed by atoms with Crippen LogP contribution in [0, 0.1) is 0 Å². The summed E-state index contributed by atoms with van der Waals surface area (Å²) < 4.78 is 0. The van der Waals surface area contributed by atoms with Gasteiger partial charge in [-0.3, -0.25) is 0 Å². The largest absolute Gasteiger partial charge is 0.358 e. The number of aromatic amines is 1. The first-order chi connectivity index (χ1) is 7.88. The van der Waals surface area contributed by atoms with Crippen molar-refractivity contribution in [1.82, 2.24) is 4.98 Å². The van der Waals surface area contributed by atoms with Crippen molar-refractivity contribution in [2.45, 2.75) is 51.4 Å². The lowest BCUT2D eigenvalue weighted by atomic mass is 9.86. The molecule has 0 saturated heterocycles. The van der Waals surface area contributed by atoms with Crippen LogP contribution in [0.4, 0.5) is 0 Å². The minimum Gasteiger partial charge on any atom is -0.358 e. The minimum atomic E-state index is 0.231. The van der Waals surface area contributed by atoms with E-state index in [1.807, 2.05) is 0 Å². The minimum absolute atomic E-state index is 0.231. The van der Waals surface area contributed by atoms with Crippen molar-refractivity contribution < 1.29 is 0 Å². The maximum absolute atomic E-state index is 3.58. The first-order valence-electron chi connectivity index (χ1n) is 6.52. The molecule has 1 aromatic carbocycles. The number of nitrogens with one attached hydrogen (secondary N) is 1. The highest BCUT2D eigenvalue weighted by Gasteiger charge is 2.40. The summed E-state index contributed by atoms with van der Waals surface area (Å²) in [6.45, 7) is 9.15. The van der Waals surface area contributed by atoms with E-state index in [0.29, 0.717) is 5.41 Å². The molecule has 1 N–H and O–H groups in total. The molecule has 1 fully saturated rings. The Kier molecular flexibility index (Phi) is 2.02. The molecule has 0 amide bonds. The molecule has 17 heavy (non-hydrogen) atoms. The summed E-state index contributed by atoms with van der Waals surface area (Å²) in [5.41, 5.74) is 4.77. The fourth-order valence-electron chi connectivity index (χ4n) is 2.38. The van der Waals surface area contributed by atoms with Gasteiger partial charge in [-0.15, -0.1) is 0 Å². The predicted octanol–water partition coefficient (Wildman–Crippen LogP) is 4.52. The molecule has 0 radical (unpaired) electrons. The van der Waals surface area contributed by atoms with Gasteiger partial charge in [0.15, 0.2) is 0 Å². The molecule has 0 bridgehead atoms. The van der Waals surface area contributed by atoms with E-state index in [2.05, 4.69) is 56.9 Å². The average Bonchev–Trinajstić information content (AvgIpc) is 2.85. The van der Waals surface area contributed by atoms with Gasteiger partial charge in [-0.2, -0.15) is 0 Å². The second kappa shape index (κ2) is 3.16. The van der Waals surface area contributed by atoms with E-state index >= 15 is 0 Å². The molecule has 0 unspecified atom stereocenters.